The predicted octanol–water partition coefficient (Wildman–Crippen LogP) is 1.35. The minimum atomic E-state index is -0.0866. The van der Waals surface area contributed by atoms with E-state index in [1.165, 1.54) is 0 Å². The highest BCUT2D eigenvalue weighted by Crippen LogP contribution is 2.32. The van der Waals surface area contributed by atoms with Gasteiger partial charge in [0, 0.05) is 11.6 Å². The van der Waals surface area contributed by atoms with Gasteiger partial charge in [-0.1, -0.05) is 19.8 Å². The molecule has 2 amide bonds. The maximum Gasteiger partial charge on any atom is 0.207 e. The van der Waals surface area contributed by atoms with Crippen LogP contribution in [0, 0.1) is 0 Å². The highest BCUT2D eigenvalue weighted by molar-refractivity contribution is 5.49. The summed E-state index contributed by atoms with van der Waals surface area (Å²) in [4.78, 5) is 21.2. The zero-order valence-electron chi connectivity index (χ0n) is 10.00. The molecule has 92 valence electrons. The molecule has 4 nitrogen and oxygen atoms in total. The van der Waals surface area contributed by atoms with Gasteiger partial charge in [-0.25, -0.2) is 0 Å². The second kappa shape index (κ2) is 6.51. The number of carbonyl (C=O) groups is 2. The summed E-state index contributed by atoms with van der Waals surface area (Å²) in [6.45, 7) is 2.15. The molecule has 0 aromatic rings. The van der Waals surface area contributed by atoms with Crippen LogP contribution in [-0.4, -0.2) is 24.4 Å². The molecule has 1 saturated carbocycles. The third-order valence-electron chi connectivity index (χ3n) is 3.52. The van der Waals surface area contributed by atoms with E-state index in [9.17, 15) is 9.59 Å². The van der Waals surface area contributed by atoms with E-state index in [1.54, 1.807) is 0 Å². The van der Waals surface area contributed by atoms with Crippen LogP contribution in [0.3, 0.4) is 0 Å². The molecular weight excluding hydrogens is 204 g/mol. The number of unbranched alkanes of at least 4 members (excludes halogenated alkanes) is 1. The van der Waals surface area contributed by atoms with E-state index in [2.05, 4.69) is 17.6 Å². The Hall–Kier alpha value is -1.06. The van der Waals surface area contributed by atoms with Crippen LogP contribution in [0.1, 0.15) is 51.9 Å². The molecule has 2 N–H and O–H groups in total. The molecule has 0 heterocycles. The first-order chi connectivity index (χ1) is 7.76. The predicted molar refractivity (Wildman–Crippen MR) is 62.9 cm³/mol. The molecule has 1 fully saturated rings. The van der Waals surface area contributed by atoms with Crippen molar-refractivity contribution in [3.63, 3.8) is 0 Å². The van der Waals surface area contributed by atoms with Gasteiger partial charge in [0.2, 0.25) is 12.8 Å². The Morgan fingerprint density at radius 2 is 2.19 bits per heavy atom. The summed E-state index contributed by atoms with van der Waals surface area (Å²) in [5.41, 5.74) is -0.0866. The van der Waals surface area contributed by atoms with Crippen molar-refractivity contribution in [2.45, 2.75) is 63.5 Å². The smallest absolute Gasteiger partial charge is 0.207 e. The van der Waals surface area contributed by atoms with Crippen molar-refractivity contribution >= 4 is 12.8 Å². The fraction of sp³-hybridized carbons (Fsp3) is 0.833. The molecule has 4 heteroatoms. The molecule has 1 aliphatic rings. The minimum absolute atomic E-state index is 0.0866. The standard InChI is InChI=1S/C12H22N2O2/c1-2-3-6-12(14-10-16)7-4-5-11(8-12)13-9-15/h9-11H,2-8H2,1H3,(H,13,15)(H,14,16). The number of carbonyl (C=O) groups excluding carboxylic acids is 2. The van der Waals surface area contributed by atoms with Gasteiger partial charge in [-0.05, 0) is 32.1 Å². The normalized spacial score (nSPS) is 29.4. The summed E-state index contributed by atoms with van der Waals surface area (Å²) in [7, 11) is 0. The molecule has 0 aromatic carbocycles. The summed E-state index contributed by atoms with van der Waals surface area (Å²) in [6.07, 6.45) is 8.82. The van der Waals surface area contributed by atoms with Gasteiger partial charge in [-0.15, -0.1) is 0 Å². The lowest BCUT2D eigenvalue weighted by Gasteiger charge is -2.40. The van der Waals surface area contributed by atoms with Gasteiger partial charge in [-0.3, -0.25) is 9.59 Å². The molecule has 2 atom stereocenters. The van der Waals surface area contributed by atoms with Gasteiger partial charge in [0.1, 0.15) is 0 Å². The summed E-state index contributed by atoms with van der Waals surface area (Å²) in [6, 6.07) is 0.218. The van der Waals surface area contributed by atoms with Gasteiger partial charge in [0.25, 0.3) is 0 Å². The molecule has 0 bridgehead atoms. The van der Waals surface area contributed by atoms with E-state index < -0.39 is 0 Å². The second-order valence-electron chi connectivity index (χ2n) is 4.72. The van der Waals surface area contributed by atoms with Gasteiger partial charge in [-0.2, -0.15) is 0 Å². The largest absolute Gasteiger partial charge is 0.356 e. The molecule has 1 aliphatic carbocycles. The summed E-state index contributed by atoms with van der Waals surface area (Å²) in [5.74, 6) is 0. The van der Waals surface area contributed by atoms with Crippen LogP contribution in [0.4, 0.5) is 0 Å². The van der Waals surface area contributed by atoms with Crippen LogP contribution >= 0.6 is 0 Å². The fourth-order valence-corrected chi connectivity index (χ4v) is 2.67. The molecule has 0 spiro atoms. The molecule has 0 radical (unpaired) electrons. The molecule has 1 rings (SSSR count). The van der Waals surface area contributed by atoms with Crippen LogP contribution < -0.4 is 10.6 Å². The fourth-order valence-electron chi connectivity index (χ4n) is 2.67. The van der Waals surface area contributed by atoms with Crippen LogP contribution in [0.2, 0.25) is 0 Å². The Balaban J connectivity index is 2.59. The van der Waals surface area contributed by atoms with E-state index in [1.807, 2.05) is 0 Å². The van der Waals surface area contributed by atoms with Gasteiger partial charge in [0.15, 0.2) is 0 Å². The average molecular weight is 226 g/mol. The Morgan fingerprint density at radius 1 is 1.38 bits per heavy atom. The average Bonchev–Trinajstić information content (AvgIpc) is 2.28. The van der Waals surface area contributed by atoms with Crippen LogP contribution in [-0.2, 0) is 9.59 Å². The third-order valence-corrected chi connectivity index (χ3v) is 3.52. The number of amides is 2. The van der Waals surface area contributed by atoms with Gasteiger partial charge >= 0.3 is 0 Å². The van der Waals surface area contributed by atoms with Crippen LogP contribution in [0.5, 0.6) is 0 Å². The van der Waals surface area contributed by atoms with E-state index in [4.69, 9.17) is 0 Å². The Morgan fingerprint density at radius 3 is 2.81 bits per heavy atom. The Bertz CT molecular complexity index is 233. The van der Waals surface area contributed by atoms with Crippen molar-refractivity contribution in [3.05, 3.63) is 0 Å². The monoisotopic (exact) mass is 226 g/mol. The number of hydrogen-bond donors (Lipinski definition) is 2. The van der Waals surface area contributed by atoms with E-state index in [0.29, 0.717) is 0 Å². The van der Waals surface area contributed by atoms with Crippen molar-refractivity contribution in [1.82, 2.24) is 10.6 Å². The SMILES string of the molecule is CCCCC1(NC=O)CCCC(NC=O)C1. The van der Waals surface area contributed by atoms with E-state index >= 15 is 0 Å². The molecule has 16 heavy (non-hydrogen) atoms. The Labute approximate surface area is 97.2 Å². The van der Waals surface area contributed by atoms with Crippen molar-refractivity contribution in [2.75, 3.05) is 0 Å². The number of rotatable bonds is 7. The number of nitrogens with one attached hydrogen (secondary N) is 2. The third kappa shape index (κ3) is 3.51. The lowest BCUT2D eigenvalue weighted by Crippen LogP contribution is -2.52. The molecule has 0 aromatic heterocycles. The zero-order chi connectivity index (χ0) is 11.9. The van der Waals surface area contributed by atoms with Crippen LogP contribution in [0.15, 0.2) is 0 Å². The maximum atomic E-state index is 10.7. The van der Waals surface area contributed by atoms with Gasteiger partial charge in [0.05, 0.1) is 0 Å². The first-order valence-electron chi connectivity index (χ1n) is 6.17. The molecular formula is C12H22N2O2. The molecule has 2 unspecified atom stereocenters. The summed E-state index contributed by atoms with van der Waals surface area (Å²) >= 11 is 0. The zero-order valence-corrected chi connectivity index (χ0v) is 10.00. The van der Waals surface area contributed by atoms with E-state index in [0.717, 1.165) is 57.8 Å². The maximum absolute atomic E-state index is 10.7. The number of hydrogen-bond acceptors (Lipinski definition) is 2. The minimum Gasteiger partial charge on any atom is -0.356 e. The second-order valence-corrected chi connectivity index (χ2v) is 4.72. The first-order valence-corrected chi connectivity index (χ1v) is 6.17. The van der Waals surface area contributed by atoms with Crippen LogP contribution in [0.25, 0.3) is 0 Å². The summed E-state index contributed by atoms with van der Waals surface area (Å²) < 4.78 is 0. The van der Waals surface area contributed by atoms with Gasteiger partial charge < -0.3 is 10.6 Å². The van der Waals surface area contributed by atoms with Crippen molar-refractivity contribution in [2.24, 2.45) is 0 Å². The quantitative estimate of drug-likeness (QED) is 0.644. The molecule has 0 saturated heterocycles. The van der Waals surface area contributed by atoms with E-state index in [-0.39, 0.29) is 11.6 Å². The highest BCUT2D eigenvalue weighted by atomic mass is 16.1. The highest BCUT2D eigenvalue weighted by Gasteiger charge is 2.35. The lowest BCUT2D eigenvalue weighted by atomic mass is 9.76. The van der Waals surface area contributed by atoms with Crippen molar-refractivity contribution in [1.29, 1.82) is 0 Å². The first kappa shape index (κ1) is 13.0. The van der Waals surface area contributed by atoms with Crippen molar-refractivity contribution in [3.8, 4) is 0 Å². The van der Waals surface area contributed by atoms with Crippen molar-refractivity contribution < 1.29 is 9.59 Å². The summed E-state index contributed by atoms with van der Waals surface area (Å²) in [5, 5.41) is 5.82. The Kier molecular flexibility index (Phi) is 5.29. The topological polar surface area (TPSA) is 58.2 Å². The molecule has 0 aliphatic heterocycles. The lowest BCUT2D eigenvalue weighted by molar-refractivity contribution is -0.112.